The van der Waals surface area contributed by atoms with Crippen LogP contribution in [0.4, 0.5) is 13.9 Å². The molecule has 0 bridgehead atoms. The van der Waals surface area contributed by atoms with E-state index < -0.39 is 29.1 Å². The number of carboxylic acid groups (broad SMARTS) is 1. The average Bonchev–Trinajstić information content (AvgIpc) is 3.30. The van der Waals surface area contributed by atoms with Gasteiger partial charge >= 0.3 is 5.97 Å². The van der Waals surface area contributed by atoms with Crippen molar-refractivity contribution in [3.63, 3.8) is 0 Å². The fourth-order valence-corrected chi connectivity index (χ4v) is 5.58. The Morgan fingerprint density at radius 1 is 1.24 bits per heavy atom. The Bertz CT molecular complexity index is 1410. The predicted molar refractivity (Wildman–Crippen MR) is 142 cm³/mol. The highest BCUT2D eigenvalue weighted by molar-refractivity contribution is 7.16. The Morgan fingerprint density at radius 2 is 1.95 bits per heavy atom. The van der Waals surface area contributed by atoms with Gasteiger partial charge in [0.1, 0.15) is 11.6 Å². The number of nitrogens with zero attached hydrogens (tertiary/aromatic N) is 2. The standard InChI is InChI=1S/C29H26F2N2O3S/c1-4-5-6-9-18(3)33(29-32-26-21-11-8-7-10-19(21)12-13-25(26)37-29)27(34)20-15-23(30)22(24(31)16-20)14-17(2)28(35)36/h1,7-8,10-11,14-16,18H,5-6,9,12-13H2,2-3H3,(H,35,36)/b17-14+. The van der Waals surface area contributed by atoms with E-state index in [2.05, 4.69) is 12.0 Å². The quantitative estimate of drug-likeness (QED) is 0.209. The van der Waals surface area contributed by atoms with Gasteiger partial charge in [0, 0.05) is 39.6 Å². The predicted octanol–water partition coefficient (Wildman–Crippen LogP) is 6.51. The van der Waals surface area contributed by atoms with Crippen molar-refractivity contribution in [1.82, 2.24) is 4.98 Å². The number of carboxylic acids is 1. The number of fused-ring (bicyclic) bond motifs is 3. The van der Waals surface area contributed by atoms with Crippen LogP contribution in [0.25, 0.3) is 17.3 Å². The number of carbonyl (C=O) groups excluding carboxylic acids is 1. The molecule has 0 saturated carbocycles. The first-order chi connectivity index (χ1) is 17.7. The van der Waals surface area contributed by atoms with Crippen molar-refractivity contribution in [2.75, 3.05) is 4.90 Å². The zero-order valence-electron chi connectivity index (χ0n) is 20.6. The van der Waals surface area contributed by atoms with E-state index >= 15 is 0 Å². The van der Waals surface area contributed by atoms with E-state index in [-0.39, 0.29) is 17.2 Å². The number of hydrogen-bond acceptors (Lipinski definition) is 4. The van der Waals surface area contributed by atoms with Crippen molar-refractivity contribution in [3.8, 4) is 23.6 Å². The van der Waals surface area contributed by atoms with Crippen molar-refractivity contribution in [1.29, 1.82) is 0 Å². The van der Waals surface area contributed by atoms with Gasteiger partial charge in [-0.3, -0.25) is 9.69 Å². The molecule has 1 aliphatic rings. The van der Waals surface area contributed by atoms with Crippen LogP contribution in [0.3, 0.4) is 0 Å². The van der Waals surface area contributed by atoms with Gasteiger partial charge in [-0.15, -0.1) is 23.7 Å². The summed E-state index contributed by atoms with van der Waals surface area (Å²) in [5.74, 6) is -1.32. The van der Waals surface area contributed by atoms with Crippen molar-refractivity contribution in [2.45, 2.75) is 52.0 Å². The third-order valence-electron chi connectivity index (χ3n) is 6.41. The van der Waals surface area contributed by atoms with E-state index in [1.54, 1.807) is 0 Å². The number of carbonyl (C=O) groups is 2. The van der Waals surface area contributed by atoms with Gasteiger partial charge in [0.2, 0.25) is 0 Å². The summed E-state index contributed by atoms with van der Waals surface area (Å²) in [7, 11) is 0. The van der Waals surface area contributed by atoms with Gasteiger partial charge < -0.3 is 5.11 Å². The van der Waals surface area contributed by atoms with Gasteiger partial charge in [0.25, 0.3) is 5.91 Å². The largest absolute Gasteiger partial charge is 0.478 e. The lowest BCUT2D eigenvalue weighted by Gasteiger charge is -2.27. The molecule has 0 saturated heterocycles. The van der Waals surface area contributed by atoms with Crippen LogP contribution in [0, 0.1) is 24.0 Å². The van der Waals surface area contributed by atoms with Crippen molar-refractivity contribution >= 4 is 34.4 Å². The number of aromatic nitrogens is 1. The summed E-state index contributed by atoms with van der Waals surface area (Å²) in [6, 6.07) is 9.56. The lowest BCUT2D eigenvalue weighted by atomic mass is 9.94. The number of halogens is 2. The van der Waals surface area contributed by atoms with Gasteiger partial charge in [-0.2, -0.15) is 0 Å². The smallest absolute Gasteiger partial charge is 0.331 e. The highest BCUT2D eigenvalue weighted by atomic mass is 32.1. The minimum atomic E-state index is -1.29. The van der Waals surface area contributed by atoms with Crippen LogP contribution in [-0.4, -0.2) is 28.0 Å². The van der Waals surface area contributed by atoms with Gasteiger partial charge in [-0.25, -0.2) is 18.6 Å². The molecule has 8 heteroatoms. The molecule has 3 aromatic rings. The normalized spacial score (nSPS) is 13.3. The second kappa shape index (κ2) is 11.1. The SMILES string of the molecule is C#CCCCC(C)N(C(=O)c1cc(F)c(/C=C(\C)C(=O)O)c(F)c1)c1nc2c(s1)CCc1ccccc1-2. The number of unbranched alkanes of at least 4 members (excludes halogenated alkanes) is 1. The number of terminal acetylenes is 1. The molecule has 1 heterocycles. The lowest BCUT2D eigenvalue weighted by Crippen LogP contribution is -2.39. The maximum atomic E-state index is 14.9. The number of anilines is 1. The fraction of sp³-hybridized carbons (Fsp3) is 0.276. The Kier molecular flexibility index (Phi) is 7.84. The molecule has 1 N–H and O–H groups in total. The van der Waals surface area contributed by atoms with E-state index in [1.807, 2.05) is 25.1 Å². The van der Waals surface area contributed by atoms with Crippen LogP contribution >= 0.6 is 11.3 Å². The first-order valence-electron chi connectivity index (χ1n) is 12.0. The zero-order valence-corrected chi connectivity index (χ0v) is 21.4. The first kappa shape index (κ1) is 26.2. The molecule has 0 spiro atoms. The molecular formula is C29H26F2N2O3S. The van der Waals surface area contributed by atoms with Crippen LogP contribution in [-0.2, 0) is 17.6 Å². The molecular weight excluding hydrogens is 494 g/mol. The molecule has 0 fully saturated rings. The van der Waals surface area contributed by atoms with Gasteiger partial charge in [0.05, 0.1) is 5.69 Å². The third-order valence-corrected chi connectivity index (χ3v) is 7.53. The average molecular weight is 521 g/mol. The second-order valence-electron chi connectivity index (χ2n) is 9.03. The maximum absolute atomic E-state index is 14.9. The summed E-state index contributed by atoms with van der Waals surface area (Å²) in [5, 5.41) is 9.52. The number of amides is 1. The molecule has 5 nitrogen and oxygen atoms in total. The van der Waals surface area contributed by atoms with Crippen LogP contribution < -0.4 is 4.90 Å². The third kappa shape index (κ3) is 5.47. The molecule has 1 aromatic heterocycles. The van der Waals surface area contributed by atoms with Gasteiger partial charge in [-0.1, -0.05) is 24.3 Å². The van der Waals surface area contributed by atoms with Crippen LogP contribution in [0.5, 0.6) is 0 Å². The Hall–Kier alpha value is -3.83. The van der Waals surface area contributed by atoms with E-state index in [9.17, 15) is 18.4 Å². The Balaban J connectivity index is 1.75. The van der Waals surface area contributed by atoms with Crippen molar-refractivity contribution < 1.29 is 23.5 Å². The first-order valence-corrected chi connectivity index (χ1v) is 12.8. The van der Waals surface area contributed by atoms with E-state index in [0.29, 0.717) is 24.4 Å². The number of rotatable bonds is 8. The van der Waals surface area contributed by atoms with Crippen molar-refractivity contribution in [3.05, 3.63) is 75.2 Å². The van der Waals surface area contributed by atoms with Gasteiger partial charge in [-0.05, 0) is 63.3 Å². The highest BCUT2D eigenvalue weighted by Gasteiger charge is 2.30. The Morgan fingerprint density at radius 3 is 2.62 bits per heavy atom. The Labute approximate surface area is 218 Å². The summed E-state index contributed by atoms with van der Waals surface area (Å²) in [5.41, 5.74) is 2.13. The molecule has 4 rings (SSSR count). The lowest BCUT2D eigenvalue weighted by molar-refractivity contribution is -0.132. The van der Waals surface area contributed by atoms with E-state index in [4.69, 9.17) is 16.5 Å². The number of hydrogen-bond donors (Lipinski definition) is 1. The molecule has 1 aliphatic carbocycles. The number of thiazole rings is 1. The topological polar surface area (TPSA) is 70.5 Å². The summed E-state index contributed by atoms with van der Waals surface area (Å²) >= 11 is 1.41. The van der Waals surface area contributed by atoms with Gasteiger partial charge in [0.15, 0.2) is 5.13 Å². The number of benzene rings is 2. The summed E-state index contributed by atoms with van der Waals surface area (Å²) in [6.45, 7) is 3.10. The maximum Gasteiger partial charge on any atom is 0.331 e. The van der Waals surface area contributed by atoms with Crippen LogP contribution in [0.2, 0.25) is 0 Å². The molecule has 0 aliphatic heterocycles. The molecule has 37 heavy (non-hydrogen) atoms. The molecule has 2 aromatic carbocycles. The molecule has 0 radical (unpaired) electrons. The van der Waals surface area contributed by atoms with Crippen molar-refractivity contribution in [2.24, 2.45) is 0 Å². The monoisotopic (exact) mass is 520 g/mol. The minimum Gasteiger partial charge on any atom is -0.478 e. The summed E-state index contributed by atoms with van der Waals surface area (Å²) in [4.78, 5) is 32.2. The zero-order chi connectivity index (χ0) is 26.7. The molecule has 1 unspecified atom stereocenters. The van der Waals surface area contributed by atoms with E-state index in [1.165, 1.54) is 28.7 Å². The fourth-order valence-electron chi connectivity index (χ4n) is 4.41. The number of aliphatic carboxylic acids is 1. The molecule has 1 amide bonds. The summed E-state index contributed by atoms with van der Waals surface area (Å²) in [6.07, 6.45) is 9.78. The number of aryl methyl sites for hydroxylation is 2. The van der Waals surface area contributed by atoms with Crippen LogP contribution in [0.1, 0.15) is 59.5 Å². The summed E-state index contributed by atoms with van der Waals surface area (Å²) < 4.78 is 29.8. The minimum absolute atomic E-state index is 0.183. The van der Waals surface area contributed by atoms with E-state index in [0.717, 1.165) is 47.2 Å². The van der Waals surface area contributed by atoms with Crippen LogP contribution in [0.15, 0.2) is 42.0 Å². The second-order valence-corrected chi connectivity index (χ2v) is 10.1. The highest BCUT2D eigenvalue weighted by Crippen LogP contribution is 2.40. The molecule has 190 valence electrons. The molecule has 1 atom stereocenters.